The fraction of sp³-hybridized carbons (Fsp3) is 0.333. The van der Waals surface area contributed by atoms with Crippen LogP contribution in [-0.2, 0) is 6.54 Å². The van der Waals surface area contributed by atoms with E-state index in [2.05, 4.69) is 20.5 Å². The molecule has 2 aromatic heterocycles. The Morgan fingerprint density at radius 2 is 2.30 bits per heavy atom. The summed E-state index contributed by atoms with van der Waals surface area (Å²) in [6.45, 7) is 2.77. The van der Waals surface area contributed by atoms with Gasteiger partial charge in [0.2, 0.25) is 0 Å². The first-order valence-corrected chi connectivity index (χ1v) is 6.93. The molecule has 4 rings (SSSR count). The third kappa shape index (κ3) is 2.05. The van der Waals surface area contributed by atoms with E-state index in [1.165, 1.54) is 12.8 Å². The first kappa shape index (κ1) is 11.5. The van der Waals surface area contributed by atoms with E-state index in [-0.39, 0.29) is 0 Å². The molecule has 2 N–H and O–H groups in total. The summed E-state index contributed by atoms with van der Waals surface area (Å²) >= 11 is 0. The minimum Gasteiger partial charge on any atom is -0.440 e. The third-order valence-corrected chi connectivity index (χ3v) is 3.73. The summed E-state index contributed by atoms with van der Waals surface area (Å²) < 4.78 is 5.82. The molecule has 0 radical (unpaired) electrons. The molecule has 3 aromatic rings. The van der Waals surface area contributed by atoms with E-state index in [0.717, 1.165) is 40.5 Å². The molecule has 5 nitrogen and oxygen atoms in total. The zero-order chi connectivity index (χ0) is 13.5. The van der Waals surface area contributed by atoms with Gasteiger partial charge in [-0.3, -0.25) is 5.10 Å². The first-order chi connectivity index (χ1) is 9.79. The Labute approximate surface area is 116 Å². The van der Waals surface area contributed by atoms with Gasteiger partial charge >= 0.3 is 0 Å². The number of aromatic amines is 1. The van der Waals surface area contributed by atoms with Crippen molar-refractivity contribution in [2.75, 3.05) is 5.32 Å². The molecule has 1 fully saturated rings. The number of nitrogens with one attached hydrogen (secondary N) is 2. The van der Waals surface area contributed by atoms with Crippen molar-refractivity contribution < 1.29 is 4.42 Å². The molecule has 1 aliphatic carbocycles. The molecule has 5 heteroatoms. The van der Waals surface area contributed by atoms with Gasteiger partial charge < -0.3 is 9.73 Å². The monoisotopic (exact) mass is 268 g/mol. The lowest BCUT2D eigenvalue weighted by atomic mass is 10.2. The minimum absolute atomic E-state index is 0.548. The van der Waals surface area contributed by atoms with Gasteiger partial charge in [-0.1, -0.05) is 0 Å². The molecule has 0 saturated heterocycles. The third-order valence-electron chi connectivity index (χ3n) is 3.73. The maximum atomic E-state index is 5.82. The Morgan fingerprint density at radius 3 is 3.05 bits per heavy atom. The lowest BCUT2D eigenvalue weighted by Crippen LogP contribution is -2.00. The number of aryl methyl sites for hydroxylation is 1. The van der Waals surface area contributed by atoms with Crippen molar-refractivity contribution in [1.29, 1.82) is 0 Å². The number of fused-ring (bicyclic) bond motifs is 1. The van der Waals surface area contributed by atoms with Crippen LogP contribution in [0, 0.1) is 6.92 Å². The van der Waals surface area contributed by atoms with Crippen molar-refractivity contribution in [2.24, 2.45) is 0 Å². The summed E-state index contributed by atoms with van der Waals surface area (Å²) in [4.78, 5) is 4.53. The molecule has 0 unspecified atom stereocenters. The van der Waals surface area contributed by atoms with Crippen molar-refractivity contribution in [3.8, 4) is 0 Å². The Kier molecular flexibility index (Phi) is 2.52. The van der Waals surface area contributed by atoms with Crippen molar-refractivity contribution >= 4 is 16.8 Å². The Balaban J connectivity index is 1.55. The van der Waals surface area contributed by atoms with Gasteiger partial charge in [0, 0.05) is 17.7 Å². The molecule has 2 heterocycles. The maximum Gasteiger partial charge on any atom is 0.198 e. The second-order valence-electron chi connectivity index (χ2n) is 5.39. The predicted octanol–water partition coefficient (Wildman–Crippen LogP) is 3.35. The number of aromatic nitrogens is 3. The van der Waals surface area contributed by atoms with E-state index in [1.54, 1.807) is 0 Å². The predicted molar refractivity (Wildman–Crippen MR) is 76.6 cm³/mol. The van der Waals surface area contributed by atoms with E-state index in [0.29, 0.717) is 5.92 Å². The number of H-pyrrole nitrogens is 1. The Bertz CT molecular complexity index is 754. The average molecular weight is 268 g/mol. The molecular formula is C15H16N4O. The van der Waals surface area contributed by atoms with Crippen molar-refractivity contribution in [3.63, 3.8) is 0 Å². The van der Waals surface area contributed by atoms with Crippen LogP contribution in [0.1, 0.15) is 35.9 Å². The summed E-state index contributed by atoms with van der Waals surface area (Å²) in [7, 11) is 0. The largest absolute Gasteiger partial charge is 0.440 e. The van der Waals surface area contributed by atoms with E-state index in [9.17, 15) is 0 Å². The van der Waals surface area contributed by atoms with E-state index in [1.807, 2.05) is 31.3 Å². The molecule has 0 aliphatic heterocycles. The fourth-order valence-electron chi connectivity index (χ4n) is 2.30. The van der Waals surface area contributed by atoms with E-state index in [4.69, 9.17) is 4.42 Å². The smallest absolute Gasteiger partial charge is 0.198 e. The van der Waals surface area contributed by atoms with E-state index < -0.39 is 0 Å². The minimum atomic E-state index is 0.548. The van der Waals surface area contributed by atoms with Gasteiger partial charge in [0.05, 0.1) is 18.4 Å². The van der Waals surface area contributed by atoms with Gasteiger partial charge in [-0.25, -0.2) is 4.98 Å². The number of hydrogen-bond acceptors (Lipinski definition) is 4. The van der Waals surface area contributed by atoms with Gasteiger partial charge in [0.15, 0.2) is 11.5 Å². The number of nitrogens with zero attached hydrogens (tertiary/aromatic N) is 2. The van der Waals surface area contributed by atoms with Crippen LogP contribution in [0.4, 0.5) is 5.69 Å². The quantitative estimate of drug-likeness (QED) is 0.761. The van der Waals surface area contributed by atoms with Crippen LogP contribution < -0.4 is 5.32 Å². The highest BCUT2D eigenvalue weighted by Crippen LogP contribution is 2.40. The number of oxazole rings is 1. The van der Waals surface area contributed by atoms with Gasteiger partial charge in [0.25, 0.3) is 0 Å². The summed E-state index contributed by atoms with van der Waals surface area (Å²) in [6.07, 6.45) is 4.24. The van der Waals surface area contributed by atoms with E-state index >= 15 is 0 Å². The molecule has 102 valence electrons. The zero-order valence-electron chi connectivity index (χ0n) is 11.3. The van der Waals surface area contributed by atoms with Crippen LogP contribution in [0.25, 0.3) is 11.1 Å². The highest BCUT2D eigenvalue weighted by Gasteiger charge is 2.28. The zero-order valence-corrected chi connectivity index (χ0v) is 11.3. The van der Waals surface area contributed by atoms with Gasteiger partial charge in [0.1, 0.15) is 5.52 Å². The highest BCUT2D eigenvalue weighted by atomic mass is 16.3. The number of rotatable bonds is 4. The van der Waals surface area contributed by atoms with Gasteiger partial charge in [-0.05, 0) is 37.5 Å². The van der Waals surface area contributed by atoms with Crippen molar-refractivity contribution in [2.45, 2.75) is 32.2 Å². The van der Waals surface area contributed by atoms with Gasteiger partial charge in [-0.2, -0.15) is 5.10 Å². The van der Waals surface area contributed by atoms with Crippen molar-refractivity contribution in [1.82, 2.24) is 15.2 Å². The molecule has 1 aliphatic rings. The molecular weight excluding hydrogens is 252 g/mol. The second-order valence-corrected chi connectivity index (χ2v) is 5.39. The Hall–Kier alpha value is -2.30. The molecule has 0 spiro atoms. The number of benzene rings is 1. The molecule has 20 heavy (non-hydrogen) atoms. The highest BCUT2D eigenvalue weighted by molar-refractivity contribution is 5.77. The normalized spacial score (nSPS) is 14.8. The fourth-order valence-corrected chi connectivity index (χ4v) is 2.30. The summed E-state index contributed by atoms with van der Waals surface area (Å²) in [5, 5.41) is 10.4. The van der Waals surface area contributed by atoms with Crippen LogP contribution in [0.5, 0.6) is 0 Å². The standard InChI is InChI=1S/C15H16N4O/c1-9-7-17-19-13(9)8-16-11-4-5-12-14(6-11)20-15(18-12)10-2-3-10/h4-7,10,16H,2-3,8H2,1H3,(H,17,19). The summed E-state index contributed by atoms with van der Waals surface area (Å²) in [6, 6.07) is 6.06. The molecule has 0 bridgehead atoms. The molecule has 0 atom stereocenters. The topological polar surface area (TPSA) is 66.7 Å². The van der Waals surface area contributed by atoms with Crippen LogP contribution >= 0.6 is 0 Å². The lowest BCUT2D eigenvalue weighted by molar-refractivity contribution is 0.533. The van der Waals surface area contributed by atoms with Crippen LogP contribution in [0.3, 0.4) is 0 Å². The van der Waals surface area contributed by atoms with Crippen LogP contribution in [0.2, 0.25) is 0 Å². The number of hydrogen-bond donors (Lipinski definition) is 2. The van der Waals surface area contributed by atoms with Crippen LogP contribution in [-0.4, -0.2) is 15.2 Å². The molecule has 1 aromatic carbocycles. The second kappa shape index (κ2) is 4.37. The molecule has 1 saturated carbocycles. The molecule has 0 amide bonds. The SMILES string of the molecule is Cc1cn[nH]c1CNc1ccc2nc(C3CC3)oc2c1. The van der Waals surface area contributed by atoms with Gasteiger partial charge in [-0.15, -0.1) is 0 Å². The lowest BCUT2D eigenvalue weighted by Gasteiger charge is -2.05. The summed E-state index contributed by atoms with van der Waals surface area (Å²) in [5.41, 5.74) is 5.09. The Morgan fingerprint density at radius 1 is 1.40 bits per heavy atom. The first-order valence-electron chi connectivity index (χ1n) is 6.93. The number of anilines is 1. The van der Waals surface area contributed by atoms with Crippen molar-refractivity contribution in [3.05, 3.63) is 41.5 Å². The average Bonchev–Trinajstić information content (AvgIpc) is 3.09. The maximum absolute atomic E-state index is 5.82. The summed E-state index contributed by atoms with van der Waals surface area (Å²) in [5.74, 6) is 1.44. The van der Waals surface area contributed by atoms with Crippen LogP contribution in [0.15, 0.2) is 28.8 Å².